The number of amides is 2. The van der Waals surface area contributed by atoms with Gasteiger partial charge in [0.25, 0.3) is 0 Å². The number of carbonyl (C=O) groups excluding carboxylic acids is 1. The number of halogens is 1. The van der Waals surface area contributed by atoms with Gasteiger partial charge < -0.3 is 19.9 Å². The van der Waals surface area contributed by atoms with E-state index in [1.54, 1.807) is 18.2 Å². The highest BCUT2D eigenvalue weighted by molar-refractivity contribution is 6.32. The molecule has 0 saturated carbocycles. The van der Waals surface area contributed by atoms with Crippen molar-refractivity contribution in [3.05, 3.63) is 40.2 Å². The number of rotatable bonds is 4. The van der Waals surface area contributed by atoms with E-state index in [1.807, 2.05) is 20.8 Å². The summed E-state index contributed by atoms with van der Waals surface area (Å²) in [7, 11) is 1.50. The molecule has 1 heterocycles. The summed E-state index contributed by atoms with van der Waals surface area (Å²) in [6, 6.07) is 4.53. The number of para-hydroxylation sites is 1. The smallest absolute Gasteiger partial charge is 0.319 e. The highest BCUT2D eigenvalue weighted by atomic mass is 35.5. The number of aromatic nitrogens is 1. The molecular formula is C15H18ClN3O3. The van der Waals surface area contributed by atoms with Gasteiger partial charge in [0.1, 0.15) is 5.76 Å². The van der Waals surface area contributed by atoms with E-state index < -0.39 is 0 Å². The van der Waals surface area contributed by atoms with Gasteiger partial charge in [-0.15, -0.1) is 0 Å². The third-order valence-corrected chi connectivity index (χ3v) is 3.59. The lowest BCUT2D eigenvalue weighted by molar-refractivity contribution is 0.249. The molecule has 7 heteroatoms. The van der Waals surface area contributed by atoms with E-state index in [4.69, 9.17) is 20.9 Å². The molecule has 1 aromatic carbocycles. The summed E-state index contributed by atoms with van der Waals surface area (Å²) in [5.74, 6) is 1.11. The van der Waals surface area contributed by atoms with Crippen molar-refractivity contribution in [2.24, 2.45) is 0 Å². The van der Waals surface area contributed by atoms with Crippen LogP contribution in [0.15, 0.2) is 22.7 Å². The maximum atomic E-state index is 12.1. The van der Waals surface area contributed by atoms with Crippen molar-refractivity contribution in [1.82, 2.24) is 10.5 Å². The van der Waals surface area contributed by atoms with E-state index in [9.17, 15) is 4.79 Å². The predicted molar refractivity (Wildman–Crippen MR) is 84.6 cm³/mol. The topological polar surface area (TPSA) is 76.4 Å². The van der Waals surface area contributed by atoms with E-state index in [0.29, 0.717) is 22.2 Å². The molecule has 6 nitrogen and oxygen atoms in total. The van der Waals surface area contributed by atoms with Gasteiger partial charge in [0.2, 0.25) is 0 Å². The van der Waals surface area contributed by atoms with Gasteiger partial charge in [-0.1, -0.05) is 22.8 Å². The van der Waals surface area contributed by atoms with Gasteiger partial charge in [0.05, 0.1) is 29.6 Å². The average molecular weight is 324 g/mol. The first-order valence-electron chi connectivity index (χ1n) is 6.76. The summed E-state index contributed by atoms with van der Waals surface area (Å²) in [5.41, 5.74) is 2.12. The number of benzene rings is 1. The maximum Gasteiger partial charge on any atom is 0.319 e. The zero-order valence-electron chi connectivity index (χ0n) is 12.9. The van der Waals surface area contributed by atoms with Crippen LogP contribution in [0.4, 0.5) is 10.5 Å². The summed E-state index contributed by atoms with van der Waals surface area (Å²) >= 11 is 6.02. The quantitative estimate of drug-likeness (QED) is 0.896. The van der Waals surface area contributed by atoms with Crippen LogP contribution in [0.1, 0.15) is 30.0 Å². The molecule has 0 aliphatic heterocycles. The summed E-state index contributed by atoms with van der Waals surface area (Å²) in [5, 5.41) is 9.87. The number of ether oxygens (including phenoxy) is 1. The minimum atomic E-state index is -0.368. The fourth-order valence-electron chi connectivity index (χ4n) is 2.35. The van der Waals surface area contributed by atoms with Gasteiger partial charge in [-0.3, -0.25) is 0 Å². The standard InChI is InChI=1S/C15H18ClN3O3/c1-8(13-9(2)19-22-10(13)3)17-15(20)18-12-7-5-6-11(16)14(12)21-4/h5-8H,1-4H3,(H2,17,18,20). The number of carbonyl (C=O) groups is 1. The van der Waals surface area contributed by atoms with Gasteiger partial charge in [-0.05, 0) is 32.9 Å². The summed E-state index contributed by atoms with van der Waals surface area (Å²) in [6.45, 7) is 5.51. The zero-order valence-corrected chi connectivity index (χ0v) is 13.6. The zero-order chi connectivity index (χ0) is 16.3. The summed E-state index contributed by atoms with van der Waals surface area (Å²) in [6.07, 6.45) is 0. The molecule has 2 amide bonds. The van der Waals surface area contributed by atoms with Crippen LogP contribution in [-0.4, -0.2) is 18.3 Å². The Morgan fingerprint density at radius 3 is 2.73 bits per heavy atom. The van der Waals surface area contributed by atoms with E-state index in [0.717, 1.165) is 11.3 Å². The molecule has 1 aromatic heterocycles. The lowest BCUT2D eigenvalue weighted by Gasteiger charge is -2.16. The molecule has 0 aliphatic carbocycles. The molecule has 0 radical (unpaired) electrons. The van der Waals surface area contributed by atoms with E-state index in [-0.39, 0.29) is 12.1 Å². The molecule has 0 fully saturated rings. The number of urea groups is 1. The number of aryl methyl sites for hydroxylation is 2. The molecule has 0 aliphatic rings. The lowest BCUT2D eigenvalue weighted by atomic mass is 10.1. The van der Waals surface area contributed by atoms with Gasteiger partial charge in [0, 0.05) is 5.56 Å². The number of hydrogen-bond acceptors (Lipinski definition) is 4. The Morgan fingerprint density at radius 1 is 1.41 bits per heavy atom. The monoisotopic (exact) mass is 323 g/mol. The fourth-order valence-corrected chi connectivity index (χ4v) is 2.60. The highest BCUT2D eigenvalue weighted by Crippen LogP contribution is 2.32. The van der Waals surface area contributed by atoms with Crippen molar-refractivity contribution in [3.63, 3.8) is 0 Å². The molecule has 1 atom stereocenters. The van der Waals surface area contributed by atoms with E-state index >= 15 is 0 Å². The fraction of sp³-hybridized carbons (Fsp3) is 0.333. The van der Waals surface area contributed by atoms with Gasteiger partial charge >= 0.3 is 6.03 Å². The van der Waals surface area contributed by atoms with Crippen LogP contribution in [0.5, 0.6) is 5.75 Å². The number of nitrogens with zero attached hydrogens (tertiary/aromatic N) is 1. The number of anilines is 1. The van der Waals surface area contributed by atoms with Crippen molar-refractivity contribution < 1.29 is 14.1 Å². The maximum absolute atomic E-state index is 12.1. The second-order valence-corrected chi connectivity index (χ2v) is 5.29. The van der Waals surface area contributed by atoms with Crippen LogP contribution >= 0.6 is 11.6 Å². The number of methoxy groups -OCH3 is 1. The van der Waals surface area contributed by atoms with Crippen molar-refractivity contribution in [3.8, 4) is 5.75 Å². The number of nitrogens with one attached hydrogen (secondary N) is 2. The van der Waals surface area contributed by atoms with Crippen LogP contribution in [0.25, 0.3) is 0 Å². The van der Waals surface area contributed by atoms with Gasteiger partial charge in [-0.2, -0.15) is 0 Å². The Labute approximate surface area is 133 Å². The third kappa shape index (κ3) is 3.33. The molecule has 2 N–H and O–H groups in total. The Bertz CT molecular complexity index is 665. The summed E-state index contributed by atoms with van der Waals surface area (Å²) in [4.78, 5) is 12.1. The largest absolute Gasteiger partial charge is 0.493 e. The Morgan fingerprint density at radius 2 is 2.14 bits per heavy atom. The molecule has 118 valence electrons. The Hall–Kier alpha value is -2.21. The lowest BCUT2D eigenvalue weighted by Crippen LogP contribution is -2.31. The molecule has 2 aromatic rings. The minimum absolute atomic E-state index is 0.239. The van der Waals surface area contributed by atoms with Crippen molar-refractivity contribution in [2.45, 2.75) is 26.8 Å². The molecule has 1 unspecified atom stereocenters. The molecule has 0 bridgehead atoms. The first-order valence-corrected chi connectivity index (χ1v) is 7.14. The molecule has 2 rings (SSSR count). The predicted octanol–water partition coefficient (Wildman–Crippen LogP) is 3.84. The van der Waals surface area contributed by atoms with Crippen LogP contribution in [0.2, 0.25) is 5.02 Å². The van der Waals surface area contributed by atoms with E-state index in [2.05, 4.69) is 15.8 Å². The first kappa shape index (κ1) is 16.2. The molecule has 22 heavy (non-hydrogen) atoms. The average Bonchev–Trinajstić information content (AvgIpc) is 2.78. The van der Waals surface area contributed by atoms with Gasteiger partial charge in [0.15, 0.2) is 5.75 Å². The third-order valence-electron chi connectivity index (χ3n) is 3.29. The minimum Gasteiger partial charge on any atom is -0.493 e. The van der Waals surface area contributed by atoms with Crippen molar-refractivity contribution in [1.29, 1.82) is 0 Å². The second kappa shape index (κ2) is 6.70. The van der Waals surface area contributed by atoms with Crippen molar-refractivity contribution >= 4 is 23.3 Å². The summed E-state index contributed by atoms with van der Waals surface area (Å²) < 4.78 is 10.3. The Balaban J connectivity index is 2.09. The van der Waals surface area contributed by atoms with Gasteiger partial charge in [-0.25, -0.2) is 4.79 Å². The SMILES string of the molecule is COc1c(Cl)cccc1NC(=O)NC(C)c1c(C)noc1C. The Kier molecular flexibility index (Phi) is 4.92. The van der Waals surface area contributed by atoms with Crippen LogP contribution in [0, 0.1) is 13.8 Å². The molecule has 0 saturated heterocycles. The highest BCUT2D eigenvalue weighted by Gasteiger charge is 2.19. The molecular weight excluding hydrogens is 306 g/mol. The van der Waals surface area contributed by atoms with Crippen molar-refractivity contribution in [2.75, 3.05) is 12.4 Å². The number of hydrogen-bond donors (Lipinski definition) is 2. The first-order chi connectivity index (χ1) is 10.4. The second-order valence-electron chi connectivity index (χ2n) is 4.88. The van der Waals surface area contributed by atoms with Crippen LogP contribution < -0.4 is 15.4 Å². The van der Waals surface area contributed by atoms with E-state index in [1.165, 1.54) is 7.11 Å². The normalized spacial score (nSPS) is 11.9. The van der Waals surface area contributed by atoms with Crippen LogP contribution in [-0.2, 0) is 0 Å². The molecule has 0 spiro atoms. The van der Waals surface area contributed by atoms with Crippen LogP contribution in [0.3, 0.4) is 0 Å².